The maximum Gasteiger partial charge on any atom is 0.344 e. The first-order valence-corrected chi connectivity index (χ1v) is 7.57. The summed E-state index contributed by atoms with van der Waals surface area (Å²) in [6, 6.07) is 9.76. The zero-order valence-corrected chi connectivity index (χ0v) is 14.3. The first-order chi connectivity index (χ1) is 11.9. The topological polar surface area (TPSA) is 87.9 Å². The normalized spacial score (nSPS) is 10.2. The minimum Gasteiger partial charge on any atom is -0.496 e. The van der Waals surface area contributed by atoms with Gasteiger partial charge in [-0.1, -0.05) is 6.07 Å². The molecule has 0 saturated carbocycles. The number of aryl methyl sites for hydroxylation is 2. The van der Waals surface area contributed by atoms with Gasteiger partial charge in [-0.05, 0) is 43.2 Å². The summed E-state index contributed by atoms with van der Waals surface area (Å²) in [5.74, 6) is 0.420. The van der Waals surface area contributed by atoms with Gasteiger partial charge in [-0.3, -0.25) is 10.1 Å². The summed E-state index contributed by atoms with van der Waals surface area (Å²) < 4.78 is 15.7. The van der Waals surface area contributed by atoms with Crippen LogP contribution in [0, 0.1) is 24.0 Å². The number of carbonyl (C=O) groups excluding carboxylic acids is 1. The summed E-state index contributed by atoms with van der Waals surface area (Å²) in [4.78, 5) is 22.2. The van der Waals surface area contributed by atoms with E-state index in [1.54, 1.807) is 0 Å². The molecule has 2 aromatic rings. The molecule has 0 atom stereocenters. The average Bonchev–Trinajstić information content (AvgIpc) is 2.57. The zero-order chi connectivity index (χ0) is 18.4. The molecule has 0 heterocycles. The van der Waals surface area contributed by atoms with Crippen LogP contribution in [0.3, 0.4) is 0 Å². The molecule has 0 aliphatic rings. The molecule has 0 aliphatic carbocycles. The van der Waals surface area contributed by atoms with Crippen LogP contribution in [0.15, 0.2) is 36.4 Å². The number of non-ortho nitro benzene ring substituents is 1. The van der Waals surface area contributed by atoms with Gasteiger partial charge >= 0.3 is 5.97 Å². The fourth-order valence-corrected chi connectivity index (χ4v) is 2.35. The van der Waals surface area contributed by atoms with Crippen molar-refractivity contribution in [2.75, 3.05) is 13.7 Å². The molecule has 0 bridgehead atoms. The second kappa shape index (κ2) is 8.14. The molecule has 132 valence electrons. The molecule has 0 aromatic heterocycles. The Morgan fingerprint density at radius 3 is 2.40 bits per heavy atom. The van der Waals surface area contributed by atoms with Crippen LogP contribution >= 0.6 is 0 Å². The number of hydrogen-bond acceptors (Lipinski definition) is 6. The van der Waals surface area contributed by atoms with Crippen LogP contribution in [-0.2, 0) is 16.1 Å². The molecule has 0 unspecified atom stereocenters. The third kappa shape index (κ3) is 5.20. The molecular weight excluding hydrogens is 326 g/mol. The maximum absolute atomic E-state index is 11.9. The summed E-state index contributed by atoms with van der Waals surface area (Å²) in [6.45, 7) is 3.49. The van der Waals surface area contributed by atoms with Gasteiger partial charge in [-0.25, -0.2) is 4.79 Å². The number of hydrogen-bond donors (Lipinski definition) is 0. The number of carbonyl (C=O) groups is 1. The van der Waals surface area contributed by atoms with E-state index in [-0.39, 0.29) is 18.9 Å². The van der Waals surface area contributed by atoms with Gasteiger partial charge in [0.25, 0.3) is 5.69 Å². The van der Waals surface area contributed by atoms with Gasteiger partial charge in [0, 0.05) is 17.7 Å². The first kappa shape index (κ1) is 18.3. The van der Waals surface area contributed by atoms with E-state index in [0.29, 0.717) is 17.1 Å². The van der Waals surface area contributed by atoms with Crippen molar-refractivity contribution in [1.29, 1.82) is 0 Å². The third-order valence-electron chi connectivity index (χ3n) is 3.42. The van der Waals surface area contributed by atoms with Gasteiger partial charge in [0.15, 0.2) is 6.61 Å². The van der Waals surface area contributed by atoms with Crippen molar-refractivity contribution in [3.63, 3.8) is 0 Å². The highest BCUT2D eigenvalue weighted by atomic mass is 16.6. The highest BCUT2D eigenvalue weighted by Crippen LogP contribution is 2.24. The van der Waals surface area contributed by atoms with Crippen molar-refractivity contribution in [2.24, 2.45) is 0 Å². The Kier molecular flexibility index (Phi) is 5.94. The van der Waals surface area contributed by atoms with Gasteiger partial charge in [-0.15, -0.1) is 0 Å². The van der Waals surface area contributed by atoms with E-state index in [9.17, 15) is 14.9 Å². The van der Waals surface area contributed by atoms with Crippen molar-refractivity contribution in [2.45, 2.75) is 20.5 Å². The van der Waals surface area contributed by atoms with Crippen LogP contribution < -0.4 is 9.47 Å². The van der Waals surface area contributed by atoms with E-state index >= 15 is 0 Å². The molecule has 7 heteroatoms. The number of nitro groups is 1. The van der Waals surface area contributed by atoms with Gasteiger partial charge < -0.3 is 14.2 Å². The molecule has 0 spiro atoms. The summed E-state index contributed by atoms with van der Waals surface area (Å²) in [6.07, 6.45) is 0. The molecule has 0 amide bonds. The fraction of sp³-hybridized carbons (Fsp3) is 0.278. The molecule has 25 heavy (non-hydrogen) atoms. The standard InChI is InChI=1S/C18H19NO6/c1-12-6-13(2)8-16(7-12)24-11-18(20)25-10-14-9-15(19(21)22)4-5-17(14)23-3/h4-9H,10-11H2,1-3H3. The highest BCUT2D eigenvalue weighted by molar-refractivity contribution is 5.71. The van der Waals surface area contributed by atoms with Crippen molar-refractivity contribution >= 4 is 11.7 Å². The predicted octanol–water partition coefficient (Wildman–Crippen LogP) is 3.34. The van der Waals surface area contributed by atoms with Crippen LogP contribution in [0.5, 0.6) is 11.5 Å². The Hall–Kier alpha value is -3.09. The maximum atomic E-state index is 11.9. The van der Waals surface area contributed by atoms with Gasteiger partial charge in [0.05, 0.1) is 12.0 Å². The second-order valence-electron chi connectivity index (χ2n) is 5.53. The quantitative estimate of drug-likeness (QED) is 0.434. The van der Waals surface area contributed by atoms with Crippen LogP contribution in [-0.4, -0.2) is 24.6 Å². The van der Waals surface area contributed by atoms with Crippen molar-refractivity contribution in [3.05, 3.63) is 63.2 Å². The highest BCUT2D eigenvalue weighted by Gasteiger charge is 2.13. The summed E-state index contributed by atoms with van der Waals surface area (Å²) in [5.41, 5.74) is 2.38. The van der Waals surface area contributed by atoms with Crippen molar-refractivity contribution in [3.8, 4) is 11.5 Å². The first-order valence-electron chi connectivity index (χ1n) is 7.57. The van der Waals surface area contributed by atoms with Gasteiger partial charge in [0.2, 0.25) is 0 Å². The summed E-state index contributed by atoms with van der Waals surface area (Å²) >= 11 is 0. The number of ether oxygens (including phenoxy) is 3. The number of methoxy groups -OCH3 is 1. The lowest BCUT2D eigenvalue weighted by atomic mass is 10.1. The van der Waals surface area contributed by atoms with E-state index < -0.39 is 10.9 Å². The van der Waals surface area contributed by atoms with Crippen LogP contribution in [0.25, 0.3) is 0 Å². The second-order valence-corrected chi connectivity index (χ2v) is 5.53. The zero-order valence-electron chi connectivity index (χ0n) is 14.3. The van der Waals surface area contributed by atoms with E-state index in [0.717, 1.165) is 11.1 Å². The SMILES string of the molecule is COc1ccc([N+](=O)[O-])cc1COC(=O)COc1cc(C)cc(C)c1. The van der Waals surface area contributed by atoms with Crippen molar-refractivity contribution < 1.29 is 23.9 Å². The third-order valence-corrected chi connectivity index (χ3v) is 3.42. The molecule has 2 aromatic carbocycles. The minimum absolute atomic E-state index is 0.0988. The predicted molar refractivity (Wildman–Crippen MR) is 90.9 cm³/mol. The minimum atomic E-state index is -0.576. The Labute approximate surface area is 145 Å². The largest absolute Gasteiger partial charge is 0.496 e. The smallest absolute Gasteiger partial charge is 0.344 e. The number of benzene rings is 2. The number of rotatable bonds is 7. The average molecular weight is 345 g/mol. The fourth-order valence-electron chi connectivity index (χ4n) is 2.35. The Morgan fingerprint density at radius 1 is 1.12 bits per heavy atom. The lowest BCUT2D eigenvalue weighted by molar-refractivity contribution is -0.385. The van der Waals surface area contributed by atoms with E-state index in [1.165, 1.54) is 25.3 Å². The Bertz CT molecular complexity index is 767. The van der Waals surface area contributed by atoms with Crippen LogP contribution in [0.2, 0.25) is 0 Å². The van der Waals surface area contributed by atoms with E-state index in [4.69, 9.17) is 14.2 Å². The Balaban J connectivity index is 1.95. The van der Waals surface area contributed by atoms with Gasteiger partial charge in [-0.2, -0.15) is 0 Å². The molecule has 0 aliphatic heterocycles. The molecule has 0 saturated heterocycles. The number of nitrogens with zero attached hydrogens (tertiary/aromatic N) is 1. The van der Waals surface area contributed by atoms with Crippen LogP contribution in [0.4, 0.5) is 5.69 Å². The Morgan fingerprint density at radius 2 is 1.80 bits per heavy atom. The molecule has 0 N–H and O–H groups in total. The summed E-state index contributed by atoms with van der Waals surface area (Å²) in [7, 11) is 1.44. The summed E-state index contributed by atoms with van der Waals surface area (Å²) in [5, 5.41) is 10.8. The molecule has 0 radical (unpaired) electrons. The van der Waals surface area contributed by atoms with E-state index in [1.807, 2.05) is 32.0 Å². The van der Waals surface area contributed by atoms with Crippen molar-refractivity contribution in [1.82, 2.24) is 0 Å². The molecular formula is C18H19NO6. The lowest BCUT2D eigenvalue weighted by Crippen LogP contribution is -2.15. The van der Waals surface area contributed by atoms with Crippen LogP contribution in [0.1, 0.15) is 16.7 Å². The molecule has 0 fully saturated rings. The monoisotopic (exact) mass is 345 g/mol. The van der Waals surface area contributed by atoms with E-state index in [2.05, 4.69) is 0 Å². The van der Waals surface area contributed by atoms with Gasteiger partial charge in [0.1, 0.15) is 18.1 Å². The number of esters is 1. The lowest BCUT2D eigenvalue weighted by Gasteiger charge is -2.10. The number of nitro benzene ring substituents is 1. The molecule has 7 nitrogen and oxygen atoms in total. The molecule has 2 rings (SSSR count).